The molecular formula is C12H10N2. The largest absolute Gasteiger partial charge is 0.256 e. The molecule has 0 radical (unpaired) electrons. The molecule has 0 saturated heterocycles. The van der Waals surface area contributed by atoms with E-state index in [-0.39, 0.29) is 0 Å². The molecule has 0 unspecified atom stereocenters. The summed E-state index contributed by atoms with van der Waals surface area (Å²) in [4.78, 5) is 4.24. The van der Waals surface area contributed by atoms with Crippen LogP contribution in [0.15, 0.2) is 42.1 Å². The van der Waals surface area contributed by atoms with Crippen molar-refractivity contribution in [2.24, 2.45) is 0 Å². The third-order valence-corrected chi connectivity index (χ3v) is 2.25. The summed E-state index contributed by atoms with van der Waals surface area (Å²) < 4.78 is 0. The fourth-order valence-electron chi connectivity index (χ4n) is 1.54. The van der Waals surface area contributed by atoms with Crippen molar-refractivity contribution in [1.82, 2.24) is 4.98 Å². The van der Waals surface area contributed by atoms with E-state index in [1.54, 1.807) is 6.20 Å². The first-order valence-corrected chi connectivity index (χ1v) is 4.63. The maximum Gasteiger partial charge on any atom is 0.0954 e. The second kappa shape index (κ2) is 3.89. The van der Waals surface area contributed by atoms with E-state index in [1.807, 2.05) is 24.3 Å². The molecule has 0 saturated carbocycles. The van der Waals surface area contributed by atoms with Gasteiger partial charge in [0.15, 0.2) is 0 Å². The van der Waals surface area contributed by atoms with Crippen LogP contribution < -0.4 is 0 Å². The molecule has 0 atom stereocenters. The lowest BCUT2D eigenvalue weighted by atomic mass is 9.96. The number of rotatable bonds is 1. The molecule has 1 aromatic rings. The summed E-state index contributed by atoms with van der Waals surface area (Å²) in [5.41, 5.74) is 2.70. The van der Waals surface area contributed by atoms with Crippen LogP contribution in [0.1, 0.15) is 18.5 Å². The van der Waals surface area contributed by atoms with Crippen molar-refractivity contribution in [2.45, 2.75) is 12.8 Å². The summed E-state index contributed by atoms with van der Waals surface area (Å²) in [6, 6.07) is 7.99. The predicted molar refractivity (Wildman–Crippen MR) is 55.1 cm³/mol. The Morgan fingerprint density at radius 1 is 1.36 bits per heavy atom. The van der Waals surface area contributed by atoms with Crippen LogP contribution in [0.25, 0.3) is 5.57 Å². The van der Waals surface area contributed by atoms with Crippen molar-refractivity contribution < 1.29 is 0 Å². The van der Waals surface area contributed by atoms with E-state index in [9.17, 15) is 0 Å². The van der Waals surface area contributed by atoms with Crippen molar-refractivity contribution in [3.05, 3.63) is 47.8 Å². The molecule has 68 valence electrons. The van der Waals surface area contributed by atoms with Crippen molar-refractivity contribution in [3.8, 4) is 6.07 Å². The molecule has 1 aliphatic rings. The fraction of sp³-hybridized carbons (Fsp3) is 0.167. The van der Waals surface area contributed by atoms with Gasteiger partial charge in [-0.2, -0.15) is 5.26 Å². The Balaban J connectivity index is 2.48. The number of nitriles is 1. The zero-order chi connectivity index (χ0) is 9.80. The quantitative estimate of drug-likeness (QED) is 0.669. The standard InChI is InChI=1S/C12H10N2/c13-9-10-5-1-2-6-11(10)12-7-3-4-8-14-12/h2-4,6-8H,1,5H2. The summed E-state index contributed by atoms with van der Waals surface area (Å²) in [5, 5.41) is 8.95. The normalized spacial score (nSPS) is 15.4. The number of hydrogen-bond donors (Lipinski definition) is 0. The molecule has 0 spiro atoms. The van der Waals surface area contributed by atoms with Gasteiger partial charge < -0.3 is 0 Å². The Morgan fingerprint density at radius 2 is 2.29 bits per heavy atom. The van der Waals surface area contributed by atoms with Gasteiger partial charge in [-0.3, -0.25) is 4.98 Å². The first-order valence-electron chi connectivity index (χ1n) is 4.63. The molecule has 1 aliphatic carbocycles. The summed E-state index contributed by atoms with van der Waals surface area (Å²) in [6.07, 6.45) is 7.62. The number of hydrogen-bond acceptors (Lipinski definition) is 2. The van der Waals surface area contributed by atoms with E-state index in [0.29, 0.717) is 0 Å². The topological polar surface area (TPSA) is 36.7 Å². The van der Waals surface area contributed by atoms with Crippen LogP contribution in [0.5, 0.6) is 0 Å². The Morgan fingerprint density at radius 3 is 3.00 bits per heavy atom. The van der Waals surface area contributed by atoms with Gasteiger partial charge >= 0.3 is 0 Å². The second-order valence-corrected chi connectivity index (χ2v) is 3.16. The molecule has 0 fully saturated rings. The summed E-state index contributed by atoms with van der Waals surface area (Å²) in [6.45, 7) is 0. The Hall–Kier alpha value is -1.88. The van der Waals surface area contributed by atoms with Gasteiger partial charge in [-0.25, -0.2) is 0 Å². The maximum absolute atomic E-state index is 8.95. The third kappa shape index (κ3) is 1.57. The van der Waals surface area contributed by atoms with Crippen LogP contribution in [0.4, 0.5) is 0 Å². The minimum absolute atomic E-state index is 0.832. The monoisotopic (exact) mass is 182 g/mol. The lowest BCUT2D eigenvalue weighted by Gasteiger charge is -2.09. The third-order valence-electron chi connectivity index (χ3n) is 2.25. The zero-order valence-electron chi connectivity index (χ0n) is 7.77. The number of nitrogens with zero attached hydrogens (tertiary/aromatic N) is 2. The van der Waals surface area contributed by atoms with E-state index in [1.165, 1.54) is 0 Å². The van der Waals surface area contributed by atoms with Crippen LogP contribution >= 0.6 is 0 Å². The molecule has 0 N–H and O–H groups in total. The van der Waals surface area contributed by atoms with Crippen molar-refractivity contribution in [2.75, 3.05) is 0 Å². The lowest BCUT2D eigenvalue weighted by Crippen LogP contribution is -1.94. The molecule has 2 heteroatoms. The molecule has 1 heterocycles. The molecule has 2 rings (SSSR count). The van der Waals surface area contributed by atoms with E-state index in [0.717, 1.165) is 29.7 Å². The highest BCUT2D eigenvalue weighted by atomic mass is 14.7. The summed E-state index contributed by atoms with van der Waals surface area (Å²) in [7, 11) is 0. The lowest BCUT2D eigenvalue weighted by molar-refractivity contribution is 0.996. The smallest absolute Gasteiger partial charge is 0.0954 e. The van der Waals surface area contributed by atoms with Crippen LogP contribution in [0, 0.1) is 11.3 Å². The van der Waals surface area contributed by atoms with Crippen LogP contribution in [0.3, 0.4) is 0 Å². The van der Waals surface area contributed by atoms with Gasteiger partial charge in [0.2, 0.25) is 0 Å². The SMILES string of the molecule is N#CC1=C(c2ccccn2)C=CCC1. The number of aromatic nitrogens is 1. The number of pyridine rings is 1. The minimum Gasteiger partial charge on any atom is -0.256 e. The minimum atomic E-state index is 0.832. The van der Waals surface area contributed by atoms with E-state index >= 15 is 0 Å². The van der Waals surface area contributed by atoms with Crippen molar-refractivity contribution in [3.63, 3.8) is 0 Å². The second-order valence-electron chi connectivity index (χ2n) is 3.16. The van der Waals surface area contributed by atoms with Gasteiger partial charge in [0.25, 0.3) is 0 Å². The average Bonchev–Trinajstić information content (AvgIpc) is 2.30. The zero-order valence-corrected chi connectivity index (χ0v) is 7.77. The highest BCUT2D eigenvalue weighted by molar-refractivity contribution is 5.78. The molecule has 2 nitrogen and oxygen atoms in total. The van der Waals surface area contributed by atoms with Crippen LogP contribution in [-0.4, -0.2) is 4.98 Å². The highest BCUT2D eigenvalue weighted by Crippen LogP contribution is 2.25. The van der Waals surface area contributed by atoms with Gasteiger partial charge in [-0.1, -0.05) is 18.2 Å². The van der Waals surface area contributed by atoms with Gasteiger partial charge in [0.05, 0.1) is 11.8 Å². The van der Waals surface area contributed by atoms with Crippen LogP contribution in [0.2, 0.25) is 0 Å². The number of allylic oxidation sites excluding steroid dienone is 4. The molecule has 1 aromatic heterocycles. The van der Waals surface area contributed by atoms with E-state index in [4.69, 9.17) is 5.26 Å². The van der Waals surface area contributed by atoms with Gasteiger partial charge in [0, 0.05) is 17.3 Å². The van der Waals surface area contributed by atoms with E-state index in [2.05, 4.69) is 17.1 Å². The Labute approximate surface area is 83.2 Å². The first kappa shape index (κ1) is 8.71. The first-order chi connectivity index (χ1) is 6.92. The van der Waals surface area contributed by atoms with Gasteiger partial charge in [-0.05, 0) is 25.0 Å². The molecule has 0 aromatic carbocycles. The molecule has 0 bridgehead atoms. The Kier molecular flexibility index (Phi) is 2.42. The van der Waals surface area contributed by atoms with Crippen molar-refractivity contribution >= 4 is 5.57 Å². The highest BCUT2D eigenvalue weighted by Gasteiger charge is 2.09. The van der Waals surface area contributed by atoms with Crippen LogP contribution in [-0.2, 0) is 0 Å². The summed E-state index contributed by atoms with van der Waals surface area (Å²) >= 11 is 0. The molecular weight excluding hydrogens is 172 g/mol. The van der Waals surface area contributed by atoms with Gasteiger partial charge in [-0.15, -0.1) is 0 Å². The molecule has 0 amide bonds. The van der Waals surface area contributed by atoms with Crippen molar-refractivity contribution in [1.29, 1.82) is 5.26 Å². The summed E-state index contributed by atoms with van der Waals surface area (Å²) in [5.74, 6) is 0. The average molecular weight is 182 g/mol. The van der Waals surface area contributed by atoms with Gasteiger partial charge in [0.1, 0.15) is 0 Å². The molecule has 14 heavy (non-hydrogen) atoms. The fourth-order valence-corrected chi connectivity index (χ4v) is 1.54. The Bertz CT molecular complexity index is 421. The maximum atomic E-state index is 8.95. The predicted octanol–water partition coefficient (Wildman–Crippen LogP) is 2.71. The molecule has 0 aliphatic heterocycles. The van der Waals surface area contributed by atoms with E-state index < -0.39 is 0 Å².